The van der Waals surface area contributed by atoms with Gasteiger partial charge in [0.2, 0.25) is 0 Å². The Balaban J connectivity index is 4.63. The molecule has 0 aliphatic rings. The average molecular weight is 200 g/mol. The maximum atomic E-state index is 11.0. The number of rotatable bonds is 6. The van der Waals surface area contributed by atoms with E-state index in [1.165, 1.54) is 0 Å². The van der Waals surface area contributed by atoms with Crippen molar-refractivity contribution in [2.24, 2.45) is 11.7 Å². The standard InChI is InChI=1S/C11H24N2O/c1-5-7-11(8-6-2,9(3)4)13-10(12)14/h9H,5-8H2,1-4H3,(H3,12,13,14). The molecule has 0 fully saturated rings. The smallest absolute Gasteiger partial charge is 0.312 e. The van der Waals surface area contributed by atoms with Crippen LogP contribution in [0.3, 0.4) is 0 Å². The number of primary amides is 1. The van der Waals surface area contributed by atoms with Crippen LogP contribution in [0.25, 0.3) is 0 Å². The third kappa shape index (κ3) is 3.56. The Morgan fingerprint density at radius 3 is 1.93 bits per heavy atom. The number of carbonyl (C=O) groups is 1. The van der Waals surface area contributed by atoms with E-state index in [4.69, 9.17) is 5.73 Å². The monoisotopic (exact) mass is 200 g/mol. The van der Waals surface area contributed by atoms with Gasteiger partial charge < -0.3 is 11.1 Å². The van der Waals surface area contributed by atoms with Crippen LogP contribution in [0, 0.1) is 5.92 Å². The molecule has 2 amide bonds. The zero-order valence-electron chi connectivity index (χ0n) is 9.89. The van der Waals surface area contributed by atoms with Crippen LogP contribution in [0.2, 0.25) is 0 Å². The van der Waals surface area contributed by atoms with Crippen molar-refractivity contribution in [2.45, 2.75) is 58.9 Å². The molecule has 0 radical (unpaired) electrons. The van der Waals surface area contributed by atoms with Crippen molar-refractivity contribution in [1.82, 2.24) is 5.32 Å². The predicted octanol–water partition coefficient (Wildman–Crippen LogP) is 2.65. The minimum Gasteiger partial charge on any atom is -0.352 e. The van der Waals surface area contributed by atoms with Gasteiger partial charge in [0.15, 0.2) is 0 Å². The van der Waals surface area contributed by atoms with Crippen LogP contribution in [-0.4, -0.2) is 11.6 Å². The van der Waals surface area contributed by atoms with Gasteiger partial charge in [0.05, 0.1) is 0 Å². The first-order valence-electron chi connectivity index (χ1n) is 5.56. The van der Waals surface area contributed by atoms with Crippen molar-refractivity contribution in [3.05, 3.63) is 0 Å². The Hall–Kier alpha value is -0.730. The summed E-state index contributed by atoms with van der Waals surface area (Å²) >= 11 is 0. The zero-order chi connectivity index (χ0) is 11.2. The van der Waals surface area contributed by atoms with E-state index < -0.39 is 6.03 Å². The Kier molecular flexibility index (Phi) is 5.58. The van der Waals surface area contributed by atoms with Gasteiger partial charge in [-0.05, 0) is 18.8 Å². The molecule has 0 saturated heterocycles. The lowest BCUT2D eigenvalue weighted by Crippen LogP contribution is -2.54. The van der Waals surface area contributed by atoms with Gasteiger partial charge >= 0.3 is 6.03 Å². The highest BCUT2D eigenvalue weighted by Crippen LogP contribution is 2.28. The van der Waals surface area contributed by atoms with Crippen molar-refractivity contribution in [2.75, 3.05) is 0 Å². The molecule has 0 bridgehead atoms. The highest BCUT2D eigenvalue weighted by atomic mass is 16.2. The molecule has 14 heavy (non-hydrogen) atoms. The van der Waals surface area contributed by atoms with E-state index in [0.29, 0.717) is 5.92 Å². The molecular formula is C11H24N2O. The van der Waals surface area contributed by atoms with Crippen LogP contribution in [0.15, 0.2) is 0 Å². The SMILES string of the molecule is CCCC(CCC)(NC(N)=O)C(C)C. The Bertz CT molecular complexity index is 172. The molecule has 0 aromatic heterocycles. The van der Waals surface area contributed by atoms with Crippen molar-refractivity contribution >= 4 is 6.03 Å². The number of nitrogens with one attached hydrogen (secondary N) is 1. The summed E-state index contributed by atoms with van der Waals surface area (Å²) in [4.78, 5) is 11.0. The van der Waals surface area contributed by atoms with Crippen molar-refractivity contribution in [3.8, 4) is 0 Å². The predicted molar refractivity (Wildman–Crippen MR) is 60.1 cm³/mol. The van der Waals surface area contributed by atoms with Gasteiger partial charge in [-0.2, -0.15) is 0 Å². The van der Waals surface area contributed by atoms with Gasteiger partial charge in [-0.15, -0.1) is 0 Å². The first-order chi connectivity index (χ1) is 6.48. The largest absolute Gasteiger partial charge is 0.352 e. The van der Waals surface area contributed by atoms with Crippen LogP contribution in [0.5, 0.6) is 0 Å². The fourth-order valence-corrected chi connectivity index (χ4v) is 2.11. The van der Waals surface area contributed by atoms with E-state index in [0.717, 1.165) is 25.7 Å². The first kappa shape index (κ1) is 13.3. The molecule has 0 aromatic rings. The van der Waals surface area contributed by atoms with Crippen LogP contribution < -0.4 is 11.1 Å². The molecule has 0 saturated carbocycles. The lowest BCUT2D eigenvalue weighted by molar-refractivity contribution is 0.190. The minimum absolute atomic E-state index is 0.102. The van der Waals surface area contributed by atoms with E-state index in [2.05, 4.69) is 33.0 Å². The first-order valence-corrected chi connectivity index (χ1v) is 5.56. The van der Waals surface area contributed by atoms with Gasteiger partial charge in [0.1, 0.15) is 0 Å². The number of amides is 2. The van der Waals surface area contributed by atoms with Gasteiger partial charge in [-0.25, -0.2) is 4.79 Å². The van der Waals surface area contributed by atoms with Gasteiger partial charge in [0, 0.05) is 5.54 Å². The molecule has 0 spiro atoms. The topological polar surface area (TPSA) is 55.1 Å². The molecule has 0 rings (SSSR count). The summed E-state index contributed by atoms with van der Waals surface area (Å²) in [5.74, 6) is 0.426. The molecule has 3 N–H and O–H groups in total. The van der Waals surface area contributed by atoms with Gasteiger partial charge in [-0.1, -0.05) is 40.5 Å². The highest BCUT2D eigenvalue weighted by molar-refractivity contribution is 5.72. The molecular weight excluding hydrogens is 176 g/mol. The van der Waals surface area contributed by atoms with Crippen molar-refractivity contribution in [1.29, 1.82) is 0 Å². The Labute approximate surface area is 87.4 Å². The molecule has 0 aliphatic heterocycles. The molecule has 0 unspecified atom stereocenters. The number of urea groups is 1. The zero-order valence-corrected chi connectivity index (χ0v) is 9.89. The van der Waals surface area contributed by atoms with E-state index in [-0.39, 0.29) is 5.54 Å². The lowest BCUT2D eigenvalue weighted by atomic mass is 9.79. The summed E-state index contributed by atoms with van der Waals surface area (Å²) in [6.45, 7) is 8.55. The Morgan fingerprint density at radius 1 is 1.29 bits per heavy atom. The number of carbonyl (C=O) groups excluding carboxylic acids is 1. The van der Waals surface area contributed by atoms with Crippen LogP contribution in [0.4, 0.5) is 4.79 Å². The number of hydrogen-bond acceptors (Lipinski definition) is 1. The lowest BCUT2D eigenvalue weighted by Gasteiger charge is -2.38. The fraction of sp³-hybridized carbons (Fsp3) is 0.909. The van der Waals surface area contributed by atoms with E-state index in [9.17, 15) is 4.79 Å². The van der Waals surface area contributed by atoms with Crippen molar-refractivity contribution < 1.29 is 4.79 Å². The summed E-state index contributed by atoms with van der Waals surface area (Å²) in [6.07, 6.45) is 4.14. The maximum Gasteiger partial charge on any atom is 0.312 e. The summed E-state index contributed by atoms with van der Waals surface area (Å²) in [7, 11) is 0. The van der Waals surface area contributed by atoms with Crippen LogP contribution in [0.1, 0.15) is 53.4 Å². The van der Waals surface area contributed by atoms with Crippen LogP contribution >= 0.6 is 0 Å². The summed E-state index contributed by atoms with van der Waals surface area (Å²) in [5, 5.41) is 2.93. The third-order valence-electron chi connectivity index (χ3n) is 2.87. The fourth-order valence-electron chi connectivity index (χ4n) is 2.11. The molecule has 0 aromatic carbocycles. The minimum atomic E-state index is -0.402. The van der Waals surface area contributed by atoms with Crippen LogP contribution in [-0.2, 0) is 0 Å². The summed E-state index contributed by atoms with van der Waals surface area (Å²) in [5.41, 5.74) is 5.12. The molecule has 0 atom stereocenters. The summed E-state index contributed by atoms with van der Waals surface area (Å²) in [6, 6.07) is -0.402. The third-order valence-corrected chi connectivity index (χ3v) is 2.87. The molecule has 84 valence electrons. The maximum absolute atomic E-state index is 11.0. The second kappa shape index (κ2) is 5.89. The molecule has 0 heterocycles. The van der Waals surface area contributed by atoms with Gasteiger partial charge in [0.25, 0.3) is 0 Å². The number of nitrogens with two attached hydrogens (primary N) is 1. The summed E-state index contributed by atoms with van der Waals surface area (Å²) < 4.78 is 0. The molecule has 3 nitrogen and oxygen atoms in total. The molecule has 0 aliphatic carbocycles. The van der Waals surface area contributed by atoms with Gasteiger partial charge in [-0.3, -0.25) is 0 Å². The Morgan fingerprint density at radius 2 is 1.71 bits per heavy atom. The van der Waals surface area contributed by atoms with E-state index in [1.807, 2.05) is 0 Å². The molecule has 3 heteroatoms. The quantitative estimate of drug-likeness (QED) is 0.680. The highest BCUT2D eigenvalue weighted by Gasteiger charge is 2.32. The van der Waals surface area contributed by atoms with Crippen molar-refractivity contribution in [3.63, 3.8) is 0 Å². The average Bonchev–Trinajstić information content (AvgIpc) is 2.03. The second-order valence-electron chi connectivity index (χ2n) is 4.30. The van der Waals surface area contributed by atoms with E-state index >= 15 is 0 Å². The second-order valence-corrected chi connectivity index (χ2v) is 4.30. The normalized spacial score (nSPS) is 11.8. The number of hydrogen-bond donors (Lipinski definition) is 2. The van der Waals surface area contributed by atoms with E-state index in [1.54, 1.807) is 0 Å².